The van der Waals surface area contributed by atoms with Crippen LogP contribution in [-0.4, -0.2) is 22.4 Å². The van der Waals surface area contributed by atoms with Gasteiger partial charge in [-0.25, -0.2) is 8.78 Å². The van der Waals surface area contributed by atoms with E-state index in [0.717, 1.165) is 0 Å². The number of hydrogen-bond acceptors (Lipinski definition) is 1. The molecule has 0 aliphatic carbocycles. The van der Waals surface area contributed by atoms with Gasteiger partial charge in [0.25, 0.3) is 0 Å². The maximum atomic E-state index is 13.4. The van der Waals surface area contributed by atoms with Gasteiger partial charge in [-0.3, -0.25) is 0 Å². The molecule has 1 aliphatic rings. The summed E-state index contributed by atoms with van der Waals surface area (Å²) in [5.41, 5.74) is -1.66. The molecule has 0 radical (unpaired) electrons. The van der Waals surface area contributed by atoms with Gasteiger partial charge < -0.3 is 5.32 Å². The summed E-state index contributed by atoms with van der Waals surface area (Å²) in [5, 5.41) is 2.70. The lowest BCUT2D eigenvalue weighted by atomic mass is 10.0. The van der Waals surface area contributed by atoms with Gasteiger partial charge in [0.1, 0.15) is 0 Å². The monoisotopic (exact) mass is 261 g/mol. The van der Waals surface area contributed by atoms with Crippen molar-refractivity contribution >= 4 is 22.6 Å². The summed E-state index contributed by atoms with van der Waals surface area (Å²) in [4.78, 5) is 0. The second-order valence-corrected chi connectivity index (χ2v) is 4.34. The minimum Gasteiger partial charge on any atom is -0.309 e. The van der Waals surface area contributed by atoms with Crippen molar-refractivity contribution in [3.05, 3.63) is 0 Å². The molecule has 1 heterocycles. The van der Waals surface area contributed by atoms with E-state index >= 15 is 0 Å². The highest BCUT2D eigenvalue weighted by atomic mass is 127. The molecule has 1 N–H and O–H groups in total. The van der Waals surface area contributed by atoms with Crippen LogP contribution in [0.2, 0.25) is 0 Å². The van der Waals surface area contributed by atoms with Gasteiger partial charge in [-0.2, -0.15) is 0 Å². The average molecular weight is 261 g/mol. The van der Waals surface area contributed by atoms with Gasteiger partial charge in [-0.15, -0.1) is 0 Å². The van der Waals surface area contributed by atoms with Crippen LogP contribution in [0, 0.1) is 0 Å². The minimum absolute atomic E-state index is 0.123. The van der Waals surface area contributed by atoms with E-state index in [1.807, 2.05) is 0 Å². The highest BCUT2D eigenvalue weighted by molar-refractivity contribution is 14.1. The highest BCUT2D eigenvalue weighted by Gasteiger charge is 2.54. The molecule has 0 aromatic carbocycles. The Kier molecular flexibility index (Phi) is 2.20. The summed E-state index contributed by atoms with van der Waals surface area (Å²) in [5.74, 6) is 0. The molecule has 10 heavy (non-hydrogen) atoms. The van der Waals surface area contributed by atoms with Gasteiger partial charge in [-0.05, 0) is 29.0 Å². The van der Waals surface area contributed by atoms with Crippen LogP contribution in [0.15, 0.2) is 0 Å². The van der Waals surface area contributed by atoms with E-state index in [9.17, 15) is 8.78 Å². The number of alkyl halides is 3. The molecule has 1 rings (SSSR count). The molecular weight excluding hydrogens is 251 g/mol. The topological polar surface area (TPSA) is 12.0 Å². The summed E-state index contributed by atoms with van der Waals surface area (Å²) < 4.78 is 24.9. The predicted octanol–water partition coefficient (Wildman–Crippen LogP) is 1.81. The van der Waals surface area contributed by atoms with E-state index in [0.29, 0.717) is 0 Å². The molecule has 0 saturated carbocycles. The normalized spacial score (nSPS) is 48.0. The van der Waals surface area contributed by atoms with Crippen molar-refractivity contribution in [3.63, 3.8) is 0 Å². The smallest absolute Gasteiger partial charge is 0.208 e. The fourth-order valence-electron chi connectivity index (χ4n) is 1.09. The molecule has 0 bridgehead atoms. The van der Waals surface area contributed by atoms with Gasteiger partial charge in [-0.1, -0.05) is 6.92 Å². The molecule has 1 nitrogen and oxygen atoms in total. The van der Waals surface area contributed by atoms with Crippen molar-refractivity contribution in [1.82, 2.24) is 5.32 Å². The fourth-order valence-corrected chi connectivity index (χ4v) is 1.93. The molecule has 0 amide bonds. The Labute approximate surface area is 72.7 Å². The summed E-state index contributed by atoms with van der Waals surface area (Å²) in [6.07, 6.45) is 0.236. The molecule has 0 aromatic heterocycles. The molecule has 2 unspecified atom stereocenters. The molecule has 60 valence electrons. The zero-order chi connectivity index (χ0) is 7.83. The summed E-state index contributed by atoms with van der Waals surface area (Å²) >= 11 is 1.54. The first kappa shape index (κ1) is 8.64. The van der Waals surface area contributed by atoms with E-state index < -0.39 is 9.34 Å². The fraction of sp³-hybridized carbons (Fsp3) is 1.00. The second kappa shape index (κ2) is 2.55. The van der Waals surface area contributed by atoms with Crippen LogP contribution in [0.4, 0.5) is 8.78 Å². The van der Waals surface area contributed by atoms with Crippen LogP contribution >= 0.6 is 22.6 Å². The van der Waals surface area contributed by atoms with Crippen molar-refractivity contribution < 1.29 is 8.78 Å². The number of hydrogen-bond donors (Lipinski definition) is 1. The van der Waals surface area contributed by atoms with Crippen LogP contribution in [0.25, 0.3) is 0 Å². The lowest BCUT2D eigenvalue weighted by molar-refractivity contribution is 0.0786. The quantitative estimate of drug-likeness (QED) is 0.560. The minimum atomic E-state index is -1.71. The first-order chi connectivity index (χ1) is 4.52. The number of rotatable bonds is 1. The first-order valence-corrected chi connectivity index (χ1v) is 4.37. The van der Waals surface area contributed by atoms with Crippen LogP contribution in [0.3, 0.4) is 0 Å². The standard InChI is InChI=1S/C6H10F2IN/c1-2-5(7)3-10-4-6(5,8)9/h10H,2-4H2,1H3. The van der Waals surface area contributed by atoms with Gasteiger partial charge in [0.2, 0.25) is 3.68 Å². The third-order valence-corrected chi connectivity index (χ3v) is 3.32. The maximum Gasteiger partial charge on any atom is 0.208 e. The van der Waals surface area contributed by atoms with Crippen molar-refractivity contribution in [2.75, 3.05) is 13.1 Å². The molecule has 0 aromatic rings. The zero-order valence-electron chi connectivity index (χ0n) is 5.76. The van der Waals surface area contributed by atoms with Crippen molar-refractivity contribution in [2.45, 2.75) is 22.7 Å². The Morgan fingerprint density at radius 1 is 1.50 bits per heavy atom. The summed E-state index contributed by atoms with van der Waals surface area (Å²) in [7, 11) is 0. The van der Waals surface area contributed by atoms with Crippen molar-refractivity contribution in [2.24, 2.45) is 0 Å². The number of halogens is 3. The molecule has 1 aliphatic heterocycles. The van der Waals surface area contributed by atoms with Crippen molar-refractivity contribution in [3.8, 4) is 0 Å². The lowest BCUT2D eigenvalue weighted by Crippen LogP contribution is -2.40. The third kappa shape index (κ3) is 1.15. The van der Waals surface area contributed by atoms with E-state index in [1.165, 1.54) is 0 Å². The summed E-state index contributed by atoms with van der Waals surface area (Å²) in [6.45, 7) is 1.93. The highest BCUT2D eigenvalue weighted by Crippen LogP contribution is 2.41. The van der Waals surface area contributed by atoms with E-state index in [1.54, 1.807) is 29.5 Å². The van der Waals surface area contributed by atoms with Gasteiger partial charge in [0.15, 0.2) is 5.67 Å². The van der Waals surface area contributed by atoms with Gasteiger partial charge in [0.05, 0.1) is 0 Å². The molecule has 1 saturated heterocycles. The second-order valence-electron chi connectivity index (χ2n) is 2.63. The zero-order valence-corrected chi connectivity index (χ0v) is 7.91. The van der Waals surface area contributed by atoms with Gasteiger partial charge >= 0.3 is 0 Å². The molecule has 4 heteroatoms. The Morgan fingerprint density at radius 2 is 2.10 bits per heavy atom. The predicted molar refractivity (Wildman–Crippen MR) is 44.9 cm³/mol. The first-order valence-electron chi connectivity index (χ1n) is 3.29. The van der Waals surface area contributed by atoms with Gasteiger partial charge in [0, 0.05) is 13.1 Å². The Hall–Kier alpha value is 0.550. The Bertz CT molecular complexity index is 140. The molecular formula is C6H10F2IN. The maximum absolute atomic E-state index is 13.4. The average Bonchev–Trinajstić information content (AvgIpc) is 2.10. The van der Waals surface area contributed by atoms with Crippen LogP contribution in [-0.2, 0) is 0 Å². The van der Waals surface area contributed by atoms with Crippen LogP contribution < -0.4 is 5.32 Å². The lowest BCUT2D eigenvalue weighted by Gasteiger charge is -2.25. The van der Waals surface area contributed by atoms with Crippen molar-refractivity contribution in [1.29, 1.82) is 0 Å². The van der Waals surface area contributed by atoms with E-state index in [-0.39, 0.29) is 19.5 Å². The molecule has 1 fully saturated rings. The molecule has 0 spiro atoms. The van der Waals surface area contributed by atoms with E-state index in [4.69, 9.17) is 0 Å². The SMILES string of the molecule is CCC1(F)CNCC1(F)I. The van der Waals surface area contributed by atoms with Crippen LogP contribution in [0.1, 0.15) is 13.3 Å². The Balaban J connectivity index is 2.76. The Morgan fingerprint density at radius 3 is 2.30 bits per heavy atom. The third-order valence-electron chi connectivity index (χ3n) is 1.97. The number of nitrogens with one attached hydrogen (secondary N) is 1. The summed E-state index contributed by atoms with van der Waals surface area (Å²) in [6, 6.07) is 0. The largest absolute Gasteiger partial charge is 0.309 e. The van der Waals surface area contributed by atoms with Crippen LogP contribution in [0.5, 0.6) is 0 Å². The van der Waals surface area contributed by atoms with E-state index in [2.05, 4.69) is 5.32 Å². The molecule has 2 atom stereocenters.